The van der Waals surface area contributed by atoms with Gasteiger partial charge >= 0.3 is 12.2 Å². The Kier molecular flexibility index (Phi) is 22.7. The molecular weight excluding hydrogens is 942 g/mol. The summed E-state index contributed by atoms with van der Waals surface area (Å²) in [5.74, 6) is -2.21. The summed E-state index contributed by atoms with van der Waals surface area (Å²) in [6.45, 7) is 7.57. The predicted octanol–water partition coefficient (Wildman–Crippen LogP) is 12.8. The third-order valence-electron chi connectivity index (χ3n) is 15.2. The van der Waals surface area contributed by atoms with Crippen LogP contribution in [0.5, 0.6) is 11.5 Å². The number of hydrogen-bond donors (Lipinski definition) is 3. The van der Waals surface area contributed by atoms with E-state index in [0.717, 1.165) is 74.5 Å². The van der Waals surface area contributed by atoms with E-state index in [0.29, 0.717) is 55.1 Å². The Labute approximate surface area is 438 Å². The molecule has 14 heteroatoms. The summed E-state index contributed by atoms with van der Waals surface area (Å²) in [5, 5.41) is 28.0. The molecule has 3 aromatic rings. The van der Waals surface area contributed by atoms with Gasteiger partial charge < -0.3 is 44.1 Å². The van der Waals surface area contributed by atoms with Crippen molar-refractivity contribution in [3.05, 3.63) is 120 Å². The van der Waals surface area contributed by atoms with Crippen LogP contribution in [-0.4, -0.2) is 84.2 Å². The zero-order valence-electron chi connectivity index (χ0n) is 43.8. The van der Waals surface area contributed by atoms with Crippen LogP contribution in [0.25, 0.3) is 0 Å². The minimum Gasteiger partial charge on any atom is -0.459 e. The largest absolute Gasteiger partial charge is 0.459 e. The summed E-state index contributed by atoms with van der Waals surface area (Å²) >= 11 is 0. The number of allylic oxidation sites excluding steroid dienone is 1. The summed E-state index contributed by atoms with van der Waals surface area (Å²) in [7, 11) is 0. The second-order valence-electron chi connectivity index (χ2n) is 20.5. The molecule has 2 heterocycles. The number of hydrogen-bond acceptors (Lipinski definition) is 11. The average Bonchev–Trinajstić information content (AvgIpc) is 3.42. The molecule has 74 heavy (non-hydrogen) atoms. The molecule has 1 saturated carbocycles. The molecule has 2 aliphatic carbocycles. The second-order valence-corrected chi connectivity index (χ2v) is 20.5. The third-order valence-corrected chi connectivity index (χ3v) is 15.2. The van der Waals surface area contributed by atoms with E-state index in [9.17, 15) is 19.4 Å². The third kappa shape index (κ3) is 15.4. The monoisotopic (exact) mass is 1020 g/mol. The number of benzene rings is 3. The zero-order chi connectivity index (χ0) is 52.0. The van der Waals surface area contributed by atoms with Gasteiger partial charge in [-0.1, -0.05) is 137 Å². The maximum Gasteiger partial charge on any atom is 0.412 e. The number of unbranched alkanes of at least 4 members (excludes halogenated alkanes) is 11. The van der Waals surface area contributed by atoms with E-state index in [2.05, 4.69) is 24.9 Å². The maximum atomic E-state index is 15.1. The van der Waals surface area contributed by atoms with Crippen LogP contribution >= 0.6 is 0 Å². The molecule has 1 saturated heterocycles. The van der Waals surface area contributed by atoms with Gasteiger partial charge in [-0.25, -0.2) is 14.0 Å². The number of carbonyl (C=O) groups is 2. The van der Waals surface area contributed by atoms with Crippen molar-refractivity contribution in [1.29, 1.82) is 0 Å². The van der Waals surface area contributed by atoms with E-state index < -0.39 is 42.0 Å². The minimum absolute atomic E-state index is 0.0210. The lowest BCUT2D eigenvalue weighted by molar-refractivity contribution is -0.256. The van der Waals surface area contributed by atoms with Gasteiger partial charge in [0.2, 0.25) is 12.1 Å². The minimum atomic E-state index is -1.57. The van der Waals surface area contributed by atoms with Crippen LogP contribution < -0.4 is 14.8 Å². The number of aliphatic hydroxyl groups excluding tert-OH is 2. The number of amides is 2. The van der Waals surface area contributed by atoms with Crippen LogP contribution in [-0.2, 0) is 32.1 Å². The van der Waals surface area contributed by atoms with Crippen molar-refractivity contribution in [3.63, 3.8) is 0 Å². The van der Waals surface area contributed by atoms with Crippen molar-refractivity contribution < 1.29 is 52.7 Å². The van der Waals surface area contributed by atoms with E-state index in [1.54, 1.807) is 29.2 Å². The first-order valence-electron chi connectivity index (χ1n) is 27.8. The Bertz CT molecular complexity index is 2250. The number of carbonyl (C=O) groups excluding carboxylic acids is 2. The van der Waals surface area contributed by atoms with Gasteiger partial charge in [0.05, 0.1) is 31.5 Å². The van der Waals surface area contributed by atoms with Crippen molar-refractivity contribution in [2.75, 3.05) is 33.0 Å². The molecule has 2 fully saturated rings. The number of oxime groups is 1. The summed E-state index contributed by atoms with van der Waals surface area (Å²) < 4.78 is 47.4. The summed E-state index contributed by atoms with van der Waals surface area (Å²) in [4.78, 5) is 36.5. The van der Waals surface area contributed by atoms with Gasteiger partial charge in [0, 0.05) is 50.6 Å². The van der Waals surface area contributed by atoms with Crippen LogP contribution in [0, 0.1) is 23.6 Å². The van der Waals surface area contributed by atoms with Gasteiger partial charge in [-0.3, -0.25) is 4.90 Å². The topological polar surface area (TPSA) is 158 Å². The summed E-state index contributed by atoms with van der Waals surface area (Å²) in [6, 6.07) is 20.3. The Morgan fingerprint density at radius 3 is 2.31 bits per heavy atom. The molecule has 7 atom stereocenters. The lowest BCUT2D eigenvalue weighted by Gasteiger charge is -2.59. The molecule has 3 N–H and O–H groups in total. The molecule has 13 nitrogen and oxygen atoms in total. The SMILES string of the molecule is C=CCOC12Oc3ccc(OC(=O)NCc4ccccc4)cc3C3C(CCCCO)C(CCCCO)C=C(C(=NOC4CCCCO4)CC1N(Cc1ccc(F)cc1)C(=O)OCCCCCCCCCCCC)C32. The number of fused-ring (bicyclic) bond motifs is 2. The number of halogens is 1. The standard InChI is InChI=1S/C60H82FN3O10/c1-3-5-6-7-8-9-10-11-12-21-38-70-59(68)64(43-45-28-30-47(61)31-29-45)54-41-52(63-74-55-27-18-22-37-69-55)50-39-46(25-16-19-34-65)49(26-17-20-35-66)56-51-40-48(72-58(67)62-42-44-23-14-13-15-24-44)32-33-53(51)73-60(54,57(50)56)71-36-4-2/h4,13-15,23-24,28-33,39-40,46,49,54-57,65-66H,2-3,5-12,16-22,25-27,34-38,41-43H2,1H3,(H,62,67). The van der Waals surface area contributed by atoms with Gasteiger partial charge in [0.25, 0.3) is 0 Å². The van der Waals surface area contributed by atoms with Crippen molar-refractivity contribution in [1.82, 2.24) is 10.2 Å². The van der Waals surface area contributed by atoms with Gasteiger partial charge in [-0.2, -0.15) is 0 Å². The fraction of sp³-hybridized carbons (Fsp3) is 0.583. The Balaban J connectivity index is 1.31. The van der Waals surface area contributed by atoms with E-state index >= 15 is 4.79 Å². The molecule has 7 rings (SSSR count). The molecule has 4 aliphatic rings. The van der Waals surface area contributed by atoms with Gasteiger partial charge in [-0.05, 0) is 104 Å². The highest BCUT2D eigenvalue weighted by atomic mass is 19.1. The van der Waals surface area contributed by atoms with E-state index in [-0.39, 0.29) is 63.7 Å². The molecule has 0 aromatic heterocycles. The molecular formula is C60H82FN3O10. The van der Waals surface area contributed by atoms with E-state index in [1.165, 1.54) is 50.7 Å². The van der Waals surface area contributed by atoms with Crippen molar-refractivity contribution >= 4 is 17.9 Å². The van der Waals surface area contributed by atoms with E-state index in [4.69, 9.17) is 33.7 Å². The summed E-state index contributed by atoms with van der Waals surface area (Å²) in [5.41, 5.74) is 3.89. The highest BCUT2D eigenvalue weighted by molar-refractivity contribution is 6.03. The van der Waals surface area contributed by atoms with Crippen molar-refractivity contribution in [2.45, 2.75) is 172 Å². The number of rotatable bonds is 30. The van der Waals surface area contributed by atoms with Crippen LogP contribution in [0.4, 0.5) is 14.0 Å². The van der Waals surface area contributed by atoms with Gasteiger partial charge in [-0.15, -0.1) is 6.58 Å². The van der Waals surface area contributed by atoms with Crippen LogP contribution in [0.15, 0.2) is 102 Å². The number of ether oxygens (including phenoxy) is 5. The highest BCUT2D eigenvalue weighted by Crippen LogP contribution is 2.62. The Morgan fingerprint density at radius 1 is 0.878 bits per heavy atom. The van der Waals surface area contributed by atoms with Crippen LogP contribution in [0.1, 0.15) is 158 Å². The molecule has 0 spiro atoms. The van der Waals surface area contributed by atoms with Gasteiger partial charge in [0.1, 0.15) is 23.4 Å². The first kappa shape index (κ1) is 56.4. The summed E-state index contributed by atoms with van der Waals surface area (Å²) in [6.07, 6.45) is 20.5. The van der Waals surface area contributed by atoms with Gasteiger partial charge in [0.15, 0.2) is 0 Å². The molecule has 7 unspecified atom stereocenters. The second kappa shape index (κ2) is 29.7. The lowest BCUT2D eigenvalue weighted by atomic mass is 9.55. The van der Waals surface area contributed by atoms with Crippen LogP contribution in [0.2, 0.25) is 0 Å². The number of nitrogens with zero attached hydrogens (tertiary/aromatic N) is 2. The smallest absolute Gasteiger partial charge is 0.412 e. The predicted molar refractivity (Wildman–Crippen MR) is 284 cm³/mol. The molecule has 0 bridgehead atoms. The fourth-order valence-corrected chi connectivity index (χ4v) is 11.5. The zero-order valence-corrected chi connectivity index (χ0v) is 43.8. The maximum absolute atomic E-state index is 15.1. The molecule has 2 amide bonds. The highest BCUT2D eigenvalue weighted by Gasteiger charge is 2.66. The molecule has 2 aliphatic heterocycles. The van der Waals surface area contributed by atoms with Crippen LogP contribution in [0.3, 0.4) is 0 Å². The quantitative estimate of drug-likeness (QED) is 0.0333. The molecule has 3 aromatic carbocycles. The van der Waals surface area contributed by atoms with Crippen molar-refractivity contribution in [3.8, 4) is 11.5 Å². The molecule has 0 radical (unpaired) electrons. The Hall–Kier alpha value is -5.28. The average molecular weight is 1020 g/mol. The molecule has 404 valence electrons. The normalized spacial score (nSPS) is 23.4. The number of nitrogens with one attached hydrogen (secondary N) is 1. The van der Waals surface area contributed by atoms with E-state index in [1.807, 2.05) is 42.5 Å². The first-order chi connectivity index (χ1) is 36.3. The van der Waals surface area contributed by atoms with Crippen molar-refractivity contribution in [2.24, 2.45) is 22.9 Å². The Morgan fingerprint density at radius 2 is 1.61 bits per heavy atom. The number of aliphatic hydroxyl groups is 2. The first-order valence-corrected chi connectivity index (χ1v) is 27.8. The fourth-order valence-electron chi connectivity index (χ4n) is 11.5. The lowest BCUT2D eigenvalue weighted by Crippen LogP contribution is -2.70.